The Morgan fingerprint density at radius 3 is 2.39 bits per heavy atom. The number of benzene rings is 2. The van der Waals surface area contributed by atoms with E-state index in [1.807, 2.05) is 6.92 Å². The molecule has 0 aromatic heterocycles. The van der Waals surface area contributed by atoms with E-state index in [0.29, 0.717) is 17.2 Å². The Bertz CT molecular complexity index is 987. The Labute approximate surface area is 164 Å². The van der Waals surface area contributed by atoms with Crippen LogP contribution in [-0.4, -0.2) is 27.3 Å². The second kappa shape index (κ2) is 8.12. The third-order valence-corrected chi connectivity index (χ3v) is 6.22. The Hall–Kier alpha value is -2.71. The predicted molar refractivity (Wildman–Crippen MR) is 106 cm³/mol. The average Bonchev–Trinajstić information content (AvgIpc) is 3.43. The smallest absolute Gasteiger partial charge is 0.251 e. The molecule has 1 aliphatic carbocycles. The number of amides is 2. The molecule has 28 heavy (non-hydrogen) atoms. The first kappa shape index (κ1) is 20.0. The number of carbonyl (C=O) groups excluding carboxylic acids is 2. The van der Waals surface area contributed by atoms with Crippen molar-refractivity contribution < 1.29 is 18.0 Å². The molecule has 0 radical (unpaired) electrons. The van der Waals surface area contributed by atoms with E-state index in [4.69, 9.17) is 0 Å². The van der Waals surface area contributed by atoms with Gasteiger partial charge in [-0.15, -0.1) is 0 Å². The fourth-order valence-electron chi connectivity index (χ4n) is 2.85. The highest BCUT2D eigenvalue weighted by molar-refractivity contribution is 7.89. The predicted octanol–water partition coefficient (Wildman–Crippen LogP) is 2.12. The maximum absolute atomic E-state index is 12.4. The zero-order valence-corrected chi connectivity index (χ0v) is 16.5. The van der Waals surface area contributed by atoms with Crippen molar-refractivity contribution in [3.63, 3.8) is 0 Å². The van der Waals surface area contributed by atoms with Crippen molar-refractivity contribution in [3.05, 3.63) is 59.7 Å². The molecular weight excluding hydrogens is 378 g/mol. The zero-order valence-electron chi connectivity index (χ0n) is 15.7. The SMILES string of the molecule is CNS(=O)(=O)c1ccc(CNC(=O)c2cccc(NC(=O)C3CC3C)c2)cc1. The lowest BCUT2D eigenvalue weighted by Gasteiger charge is -2.09. The van der Waals surface area contributed by atoms with E-state index in [2.05, 4.69) is 15.4 Å². The molecule has 8 heteroatoms. The first-order valence-electron chi connectivity index (χ1n) is 9.02. The molecule has 2 amide bonds. The van der Waals surface area contributed by atoms with Crippen LogP contribution in [0.1, 0.15) is 29.3 Å². The van der Waals surface area contributed by atoms with Gasteiger partial charge in [-0.2, -0.15) is 0 Å². The van der Waals surface area contributed by atoms with Crippen molar-refractivity contribution >= 4 is 27.5 Å². The molecule has 2 aromatic rings. The van der Waals surface area contributed by atoms with Gasteiger partial charge in [-0.1, -0.05) is 25.1 Å². The minimum absolute atomic E-state index is 0.0123. The highest BCUT2D eigenvalue weighted by Crippen LogP contribution is 2.38. The van der Waals surface area contributed by atoms with Gasteiger partial charge in [0, 0.05) is 23.7 Å². The largest absolute Gasteiger partial charge is 0.348 e. The summed E-state index contributed by atoms with van der Waals surface area (Å²) in [7, 11) is -2.13. The summed E-state index contributed by atoms with van der Waals surface area (Å²) in [5, 5.41) is 5.64. The Morgan fingerprint density at radius 1 is 1.11 bits per heavy atom. The van der Waals surface area contributed by atoms with Gasteiger partial charge < -0.3 is 10.6 Å². The van der Waals surface area contributed by atoms with E-state index in [9.17, 15) is 18.0 Å². The molecule has 1 fully saturated rings. The molecule has 3 N–H and O–H groups in total. The third kappa shape index (κ3) is 4.76. The van der Waals surface area contributed by atoms with Crippen molar-refractivity contribution in [1.29, 1.82) is 0 Å². The second-order valence-electron chi connectivity index (χ2n) is 6.92. The summed E-state index contributed by atoms with van der Waals surface area (Å²) in [6.45, 7) is 2.30. The molecule has 0 spiro atoms. The van der Waals surface area contributed by atoms with Crippen molar-refractivity contribution in [2.24, 2.45) is 11.8 Å². The van der Waals surface area contributed by atoms with Crippen molar-refractivity contribution in [2.45, 2.75) is 24.8 Å². The second-order valence-corrected chi connectivity index (χ2v) is 8.81. The minimum atomic E-state index is -3.48. The lowest BCUT2D eigenvalue weighted by Crippen LogP contribution is -2.23. The Kier molecular flexibility index (Phi) is 5.81. The normalized spacial score (nSPS) is 18.4. The molecular formula is C20H23N3O4S. The maximum atomic E-state index is 12.4. The fourth-order valence-corrected chi connectivity index (χ4v) is 3.58. The molecule has 3 rings (SSSR count). The van der Waals surface area contributed by atoms with Crippen LogP contribution < -0.4 is 15.4 Å². The van der Waals surface area contributed by atoms with Gasteiger partial charge in [-0.05, 0) is 55.3 Å². The van der Waals surface area contributed by atoms with E-state index in [-0.39, 0.29) is 29.2 Å². The third-order valence-electron chi connectivity index (χ3n) is 4.79. The van der Waals surface area contributed by atoms with Crippen LogP contribution in [0.4, 0.5) is 5.69 Å². The quantitative estimate of drug-likeness (QED) is 0.661. The van der Waals surface area contributed by atoms with Crippen LogP contribution in [0, 0.1) is 11.8 Å². The van der Waals surface area contributed by atoms with Crippen LogP contribution in [0.2, 0.25) is 0 Å². The summed E-state index contributed by atoms with van der Waals surface area (Å²) in [5.74, 6) is 0.192. The van der Waals surface area contributed by atoms with E-state index < -0.39 is 10.0 Å². The molecule has 7 nitrogen and oxygen atoms in total. The molecule has 0 heterocycles. The van der Waals surface area contributed by atoms with Gasteiger partial charge in [-0.25, -0.2) is 13.1 Å². The van der Waals surface area contributed by atoms with E-state index in [1.165, 1.54) is 19.2 Å². The first-order chi connectivity index (χ1) is 13.3. The van der Waals surface area contributed by atoms with E-state index in [0.717, 1.165) is 12.0 Å². The van der Waals surface area contributed by atoms with E-state index in [1.54, 1.807) is 36.4 Å². The van der Waals surface area contributed by atoms with Crippen molar-refractivity contribution in [3.8, 4) is 0 Å². The Morgan fingerprint density at radius 2 is 1.79 bits per heavy atom. The summed E-state index contributed by atoms with van der Waals surface area (Å²) < 4.78 is 25.7. The highest BCUT2D eigenvalue weighted by Gasteiger charge is 2.39. The molecule has 2 unspecified atom stereocenters. The number of sulfonamides is 1. The van der Waals surface area contributed by atoms with Gasteiger partial charge in [0.2, 0.25) is 15.9 Å². The van der Waals surface area contributed by atoms with Crippen LogP contribution in [0.3, 0.4) is 0 Å². The molecule has 0 bridgehead atoms. The van der Waals surface area contributed by atoms with Gasteiger partial charge in [-0.3, -0.25) is 9.59 Å². The van der Waals surface area contributed by atoms with Crippen LogP contribution >= 0.6 is 0 Å². The topological polar surface area (TPSA) is 104 Å². The number of hydrogen-bond acceptors (Lipinski definition) is 4. The summed E-state index contributed by atoms with van der Waals surface area (Å²) in [6, 6.07) is 13.1. The monoisotopic (exact) mass is 401 g/mol. The number of anilines is 1. The van der Waals surface area contributed by atoms with Gasteiger partial charge in [0.25, 0.3) is 5.91 Å². The lowest BCUT2D eigenvalue weighted by molar-refractivity contribution is -0.117. The summed E-state index contributed by atoms with van der Waals surface area (Å²) >= 11 is 0. The summed E-state index contributed by atoms with van der Waals surface area (Å²) in [4.78, 5) is 24.6. The van der Waals surface area contributed by atoms with Gasteiger partial charge in [0.05, 0.1) is 4.90 Å². The molecule has 148 valence electrons. The van der Waals surface area contributed by atoms with Crippen molar-refractivity contribution in [2.75, 3.05) is 12.4 Å². The molecule has 1 saturated carbocycles. The lowest BCUT2D eigenvalue weighted by atomic mass is 10.1. The molecule has 0 aliphatic heterocycles. The highest BCUT2D eigenvalue weighted by atomic mass is 32.2. The number of carbonyl (C=O) groups is 2. The van der Waals surface area contributed by atoms with Crippen LogP contribution in [-0.2, 0) is 21.4 Å². The molecule has 1 aliphatic rings. The average molecular weight is 401 g/mol. The number of rotatable bonds is 7. The number of hydrogen-bond donors (Lipinski definition) is 3. The Balaban J connectivity index is 1.59. The van der Waals surface area contributed by atoms with Crippen molar-refractivity contribution in [1.82, 2.24) is 10.0 Å². The van der Waals surface area contributed by atoms with E-state index >= 15 is 0 Å². The summed E-state index contributed by atoms with van der Waals surface area (Å²) in [5.41, 5.74) is 1.81. The summed E-state index contributed by atoms with van der Waals surface area (Å²) in [6.07, 6.45) is 0.903. The molecule has 2 aromatic carbocycles. The van der Waals surface area contributed by atoms with Gasteiger partial charge >= 0.3 is 0 Å². The maximum Gasteiger partial charge on any atom is 0.251 e. The van der Waals surface area contributed by atoms with Crippen LogP contribution in [0.15, 0.2) is 53.4 Å². The first-order valence-corrected chi connectivity index (χ1v) is 10.5. The van der Waals surface area contributed by atoms with Crippen LogP contribution in [0.5, 0.6) is 0 Å². The molecule has 0 saturated heterocycles. The molecule has 2 atom stereocenters. The van der Waals surface area contributed by atoms with Crippen LogP contribution in [0.25, 0.3) is 0 Å². The van der Waals surface area contributed by atoms with Gasteiger partial charge in [0.15, 0.2) is 0 Å². The zero-order chi connectivity index (χ0) is 20.3. The standard InChI is InChI=1S/C20H23N3O4S/c1-13-10-18(13)20(25)23-16-5-3-4-15(11-16)19(24)22-12-14-6-8-17(9-7-14)28(26,27)21-2/h3-9,11,13,18,21H,10,12H2,1-2H3,(H,22,24)(H,23,25). The minimum Gasteiger partial charge on any atom is -0.348 e. The van der Waals surface area contributed by atoms with Gasteiger partial charge in [0.1, 0.15) is 0 Å². The number of nitrogens with one attached hydrogen (secondary N) is 3. The fraction of sp³-hybridized carbons (Fsp3) is 0.300.